The van der Waals surface area contributed by atoms with Gasteiger partial charge in [-0.25, -0.2) is 4.39 Å². The van der Waals surface area contributed by atoms with Crippen LogP contribution in [0.4, 0.5) is 4.39 Å². The highest BCUT2D eigenvalue weighted by molar-refractivity contribution is 5.17. The lowest BCUT2D eigenvalue weighted by atomic mass is 9.93. The number of benzene rings is 1. The Morgan fingerprint density at radius 2 is 1.95 bits per heavy atom. The highest BCUT2D eigenvalue weighted by Crippen LogP contribution is 2.27. The Labute approximate surface area is 115 Å². The summed E-state index contributed by atoms with van der Waals surface area (Å²) in [6, 6.07) is 7.55. The van der Waals surface area contributed by atoms with Crippen LogP contribution in [-0.4, -0.2) is 24.5 Å². The lowest BCUT2D eigenvalue weighted by Gasteiger charge is -2.33. The zero-order chi connectivity index (χ0) is 13.7. The second kappa shape index (κ2) is 7.01. The first-order valence-corrected chi connectivity index (χ1v) is 7.36. The number of hydrogen-bond donors (Lipinski definition) is 1. The third-order valence-electron chi connectivity index (χ3n) is 4.37. The second-order valence-corrected chi connectivity index (χ2v) is 5.71. The molecule has 0 bridgehead atoms. The molecule has 0 aromatic heterocycles. The standard InChI is InChI=1S/C16H25FN2/c1-19(12-14-8-5-6-9-15(14)17)16-10-4-2-3-7-13(16)11-18/h5-6,8-9,13,16H,2-4,7,10-12,18H2,1H3. The lowest BCUT2D eigenvalue weighted by Crippen LogP contribution is -2.40. The number of nitrogens with two attached hydrogens (primary N) is 1. The fourth-order valence-corrected chi connectivity index (χ4v) is 3.23. The zero-order valence-electron chi connectivity index (χ0n) is 11.8. The van der Waals surface area contributed by atoms with Gasteiger partial charge >= 0.3 is 0 Å². The molecule has 0 amide bonds. The van der Waals surface area contributed by atoms with E-state index < -0.39 is 0 Å². The fraction of sp³-hybridized carbons (Fsp3) is 0.625. The van der Waals surface area contributed by atoms with Gasteiger partial charge in [0.2, 0.25) is 0 Å². The van der Waals surface area contributed by atoms with E-state index in [4.69, 9.17) is 5.73 Å². The Kier molecular flexibility index (Phi) is 5.34. The summed E-state index contributed by atoms with van der Waals surface area (Å²) in [7, 11) is 2.10. The molecule has 1 saturated carbocycles. The summed E-state index contributed by atoms with van der Waals surface area (Å²) in [5.41, 5.74) is 6.71. The maximum atomic E-state index is 13.7. The average molecular weight is 264 g/mol. The van der Waals surface area contributed by atoms with Crippen LogP contribution in [0.2, 0.25) is 0 Å². The van der Waals surface area contributed by atoms with Crippen molar-refractivity contribution in [1.82, 2.24) is 4.90 Å². The first-order chi connectivity index (χ1) is 9.22. The Morgan fingerprint density at radius 3 is 2.68 bits per heavy atom. The van der Waals surface area contributed by atoms with E-state index in [1.54, 1.807) is 6.07 Å². The Balaban J connectivity index is 2.04. The summed E-state index contributed by atoms with van der Waals surface area (Å²) < 4.78 is 13.7. The molecule has 0 spiro atoms. The van der Waals surface area contributed by atoms with Gasteiger partial charge in [0.25, 0.3) is 0 Å². The lowest BCUT2D eigenvalue weighted by molar-refractivity contribution is 0.159. The molecule has 2 unspecified atom stereocenters. The van der Waals surface area contributed by atoms with E-state index in [2.05, 4.69) is 11.9 Å². The van der Waals surface area contributed by atoms with Gasteiger partial charge in [-0.15, -0.1) is 0 Å². The summed E-state index contributed by atoms with van der Waals surface area (Å²) in [6.45, 7) is 1.42. The van der Waals surface area contributed by atoms with Crippen molar-refractivity contribution in [2.75, 3.05) is 13.6 Å². The molecular formula is C16H25FN2. The molecule has 0 saturated heterocycles. The molecule has 2 N–H and O–H groups in total. The van der Waals surface area contributed by atoms with Gasteiger partial charge in [-0.2, -0.15) is 0 Å². The van der Waals surface area contributed by atoms with E-state index in [1.807, 2.05) is 12.1 Å². The first kappa shape index (κ1) is 14.5. The molecule has 0 heterocycles. The van der Waals surface area contributed by atoms with Crippen LogP contribution in [0.15, 0.2) is 24.3 Å². The molecule has 1 aliphatic rings. The third-order valence-corrected chi connectivity index (χ3v) is 4.37. The van der Waals surface area contributed by atoms with Crippen LogP contribution in [0.3, 0.4) is 0 Å². The Bertz CT molecular complexity index is 394. The Hall–Kier alpha value is -0.930. The molecule has 106 valence electrons. The van der Waals surface area contributed by atoms with E-state index in [-0.39, 0.29) is 5.82 Å². The van der Waals surface area contributed by atoms with Crippen molar-refractivity contribution in [3.8, 4) is 0 Å². The molecule has 1 aromatic carbocycles. The molecular weight excluding hydrogens is 239 g/mol. The van der Waals surface area contributed by atoms with Crippen molar-refractivity contribution < 1.29 is 4.39 Å². The van der Waals surface area contributed by atoms with Crippen molar-refractivity contribution in [3.05, 3.63) is 35.6 Å². The minimum absolute atomic E-state index is 0.104. The SMILES string of the molecule is CN(Cc1ccccc1F)C1CCCCCC1CN. The van der Waals surface area contributed by atoms with Crippen molar-refractivity contribution in [2.45, 2.75) is 44.7 Å². The van der Waals surface area contributed by atoms with Crippen LogP contribution in [0.5, 0.6) is 0 Å². The maximum absolute atomic E-state index is 13.7. The number of hydrogen-bond acceptors (Lipinski definition) is 2. The Morgan fingerprint density at radius 1 is 1.21 bits per heavy atom. The van der Waals surface area contributed by atoms with Gasteiger partial charge in [0, 0.05) is 18.2 Å². The largest absolute Gasteiger partial charge is 0.330 e. The van der Waals surface area contributed by atoms with Gasteiger partial charge in [-0.05, 0) is 38.4 Å². The van der Waals surface area contributed by atoms with E-state index in [9.17, 15) is 4.39 Å². The van der Waals surface area contributed by atoms with Crippen molar-refractivity contribution in [1.29, 1.82) is 0 Å². The maximum Gasteiger partial charge on any atom is 0.127 e. The van der Waals surface area contributed by atoms with E-state index >= 15 is 0 Å². The minimum Gasteiger partial charge on any atom is -0.330 e. The smallest absolute Gasteiger partial charge is 0.127 e. The van der Waals surface area contributed by atoms with Crippen LogP contribution < -0.4 is 5.73 Å². The van der Waals surface area contributed by atoms with Gasteiger partial charge in [-0.3, -0.25) is 4.90 Å². The molecule has 2 nitrogen and oxygen atoms in total. The van der Waals surface area contributed by atoms with Gasteiger partial charge in [-0.1, -0.05) is 37.5 Å². The monoisotopic (exact) mass is 264 g/mol. The van der Waals surface area contributed by atoms with Crippen LogP contribution >= 0.6 is 0 Å². The van der Waals surface area contributed by atoms with Crippen LogP contribution in [0.1, 0.15) is 37.7 Å². The molecule has 1 fully saturated rings. The van der Waals surface area contributed by atoms with Crippen LogP contribution in [0, 0.1) is 11.7 Å². The molecule has 0 aliphatic heterocycles. The molecule has 3 heteroatoms. The van der Waals surface area contributed by atoms with E-state index in [0.717, 1.165) is 12.1 Å². The highest BCUT2D eigenvalue weighted by Gasteiger charge is 2.26. The van der Waals surface area contributed by atoms with Gasteiger partial charge < -0.3 is 5.73 Å². The van der Waals surface area contributed by atoms with Gasteiger partial charge in [0.15, 0.2) is 0 Å². The molecule has 19 heavy (non-hydrogen) atoms. The number of nitrogens with zero attached hydrogens (tertiary/aromatic N) is 1. The number of halogens is 1. The average Bonchev–Trinajstić information content (AvgIpc) is 2.66. The molecule has 2 rings (SSSR count). The minimum atomic E-state index is -0.104. The second-order valence-electron chi connectivity index (χ2n) is 5.71. The number of rotatable bonds is 4. The normalized spacial score (nSPS) is 24.4. The van der Waals surface area contributed by atoms with Gasteiger partial charge in [0.05, 0.1) is 0 Å². The summed E-state index contributed by atoms with van der Waals surface area (Å²) >= 11 is 0. The van der Waals surface area contributed by atoms with Crippen molar-refractivity contribution in [3.63, 3.8) is 0 Å². The van der Waals surface area contributed by atoms with Crippen molar-refractivity contribution in [2.24, 2.45) is 11.7 Å². The first-order valence-electron chi connectivity index (χ1n) is 7.36. The summed E-state index contributed by atoms with van der Waals surface area (Å²) in [5.74, 6) is 0.451. The molecule has 1 aliphatic carbocycles. The topological polar surface area (TPSA) is 29.3 Å². The summed E-state index contributed by atoms with van der Waals surface area (Å²) in [6.07, 6.45) is 6.25. The van der Waals surface area contributed by atoms with Crippen LogP contribution in [0.25, 0.3) is 0 Å². The van der Waals surface area contributed by atoms with Crippen molar-refractivity contribution >= 4 is 0 Å². The van der Waals surface area contributed by atoms with E-state index in [0.29, 0.717) is 18.5 Å². The molecule has 0 radical (unpaired) electrons. The summed E-state index contributed by atoms with van der Waals surface area (Å²) in [5, 5.41) is 0. The van der Waals surface area contributed by atoms with Crippen LogP contribution in [-0.2, 0) is 6.54 Å². The predicted octanol–water partition coefficient (Wildman–Crippen LogP) is 3.17. The quantitative estimate of drug-likeness (QED) is 0.846. The zero-order valence-corrected chi connectivity index (χ0v) is 11.8. The van der Waals surface area contributed by atoms with Gasteiger partial charge in [0.1, 0.15) is 5.82 Å². The summed E-state index contributed by atoms with van der Waals surface area (Å²) in [4.78, 5) is 2.29. The fourth-order valence-electron chi connectivity index (χ4n) is 3.23. The predicted molar refractivity (Wildman–Crippen MR) is 77.3 cm³/mol. The third kappa shape index (κ3) is 3.77. The highest BCUT2D eigenvalue weighted by atomic mass is 19.1. The molecule has 1 aromatic rings. The molecule has 2 atom stereocenters. The van der Waals surface area contributed by atoms with E-state index in [1.165, 1.54) is 38.2 Å².